The zero-order valence-corrected chi connectivity index (χ0v) is 7.92. The van der Waals surface area contributed by atoms with Crippen molar-refractivity contribution in [2.45, 2.75) is 45.3 Å². The van der Waals surface area contributed by atoms with Gasteiger partial charge in [-0.25, -0.2) is 0 Å². The van der Waals surface area contributed by atoms with Crippen molar-refractivity contribution >= 4 is 0 Å². The minimum absolute atomic E-state index is 0.373. The second-order valence-corrected chi connectivity index (χ2v) is 4.66. The van der Waals surface area contributed by atoms with E-state index in [2.05, 4.69) is 13.8 Å². The number of rotatable bonds is 4. The van der Waals surface area contributed by atoms with E-state index >= 15 is 0 Å². The Hall–Kier alpha value is -0.0800. The summed E-state index contributed by atoms with van der Waals surface area (Å²) in [5.74, 6) is 0.576. The molecule has 0 spiro atoms. The molecule has 0 aromatic heterocycles. The average Bonchev–Trinajstić information content (AvgIpc) is 2.88. The molecule has 2 fully saturated rings. The monoisotopic (exact) mass is 170 g/mol. The van der Waals surface area contributed by atoms with Crippen LogP contribution in [0.3, 0.4) is 0 Å². The third-order valence-electron chi connectivity index (χ3n) is 3.59. The first-order valence-electron chi connectivity index (χ1n) is 4.92. The fourth-order valence-corrected chi connectivity index (χ4v) is 2.10. The third-order valence-corrected chi connectivity index (χ3v) is 3.59. The molecule has 70 valence electrons. The lowest BCUT2D eigenvalue weighted by Gasteiger charge is -2.07. The first-order valence-corrected chi connectivity index (χ1v) is 4.92. The van der Waals surface area contributed by atoms with E-state index in [9.17, 15) is 0 Å². The van der Waals surface area contributed by atoms with E-state index in [1.165, 1.54) is 19.3 Å². The first-order chi connectivity index (χ1) is 5.65. The highest BCUT2D eigenvalue weighted by atomic mass is 16.6. The normalized spacial score (nSPS) is 50.8. The summed E-state index contributed by atoms with van der Waals surface area (Å²) in [6.07, 6.45) is 4.66. The van der Waals surface area contributed by atoms with E-state index in [1.807, 2.05) is 0 Å². The van der Waals surface area contributed by atoms with Crippen molar-refractivity contribution in [2.75, 3.05) is 6.61 Å². The van der Waals surface area contributed by atoms with Gasteiger partial charge in [-0.05, 0) is 37.5 Å². The van der Waals surface area contributed by atoms with Crippen molar-refractivity contribution in [3.8, 4) is 0 Å². The van der Waals surface area contributed by atoms with Gasteiger partial charge >= 0.3 is 0 Å². The third kappa shape index (κ3) is 1.50. The van der Waals surface area contributed by atoms with Gasteiger partial charge in [-0.15, -0.1) is 0 Å². The van der Waals surface area contributed by atoms with Crippen LogP contribution in [0.25, 0.3) is 0 Å². The number of aliphatic hydroxyl groups is 1. The molecule has 12 heavy (non-hydrogen) atoms. The van der Waals surface area contributed by atoms with Crippen molar-refractivity contribution in [1.82, 2.24) is 0 Å². The van der Waals surface area contributed by atoms with Crippen LogP contribution < -0.4 is 0 Å². The summed E-state index contributed by atoms with van der Waals surface area (Å²) in [7, 11) is 0. The largest absolute Gasteiger partial charge is 0.396 e. The molecule has 0 bridgehead atoms. The summed E-state index contributed by atoms with van der Waals surface area (Å²) in [5, 5.41) is 8.94. The molecule has 2 aliphatic rings. The molecular formula is C10H18O2. The minimum Gasteiger partial charge on any atom is -0.396 e. The van der Waals surface area contributed by atoms with Gasteiger partial charge in [0.25, 0.3) is 0 Å². The molecule has 2 rings (SSSR count). The quantitative estimate of drug-likeness (QED) is 0.650. The van der Waals surface area contributed by atoms with Gasteiger partial charge in [0.2, 0.25) is 0 Å². The summed E-state index contributed by atoms with van der Waals surface area (Å²) >= 11 is 0. The highest BCUT2D eigenvalue weighted by Crippen LogP contribution is 2.55. The van der Waals surface area contributed by atoms with E-state index in [-0.39, 0.29) is 0 Å². The molecule has 1 aliphatic heterocycles. The lowest BCUT2D eigenvalue weighted by Crippen LogP contribution is -2.03. The van der Waals surface area contributed by atoms with Crippen molar-refractivity contribution in [3.05, 3.63) is 0 Å². The summed E-state index contributed by atoms with van der Waals surface area (Å²) in [6.45, 7) is 4.78. The van der Waals surface area contributed by atoms with Crippen LogP contribution in [-0.4, -0.2) is 23.9 Å². The zero-order valence-electron chi connectivity index (χ0n) is 7.92. The van der Waals surface area contributed by atoms with Crippen molar-refractivity contribution in [3.63, 3.8) is 0 Å². The van der Waals surface area contributed by atoms with E-state index in [1.54, 1.807) is 0 Å². The van der Waals surface area contributed by atoms with Crippen LogP contribution in [0.1, 0.15) is 33.1 Å². The van der Waals surface area contributed by atoms with Crippen LogP contribution in [0.15, 0.2) is 0 Å². The van der Waals surface area contributed by atoms with Crippen LogP contribution in [-0.2, 0) is 4.74 Å². The molecular weight excluding hydrogens is 152 g/mol. The van der Waals surface area contributed by atoms with E-state index < -0.39 is 0 Å². The van der Waals surface area contributed by atoms with Crippen LogP contribution in [0.2, 0.25) is 0 Å². The van der Waals surface area contributed by atoms with Gasteiger partial charge < -0.3 is 9.84 Å². The molecule has 1 aliphatic carbocycles. The first kappa shape index (κ1) is 8.52. The fraction of sp³-hybridized carbons (Fsp3) is 1.00. The van der Waals surface area contributed by atoms with Crippen molar-refractivity contribution < 1.29 is 9.84 Å². The van der Waals surface area contributed by atoms with Gasteiger partial charge in [-0.2, -0.15) is 0 Å². The topological polar surface area (TPSA) is 32.8 Å². The van der Waals surface area contributed by atoms with Crippen LogP contribution in [0.5, 0.6) is 0 Å². The molecule has 0 aromatic rings. The second-order valence-electron chi connectivity index (χ2n) is 4.66. The fourth-order valence-electron chi connectivity index (χ4n) is 2.10. The van der Waals surface area contributed by atoms with Gasteiger partial charge in [0, 0.05) is 6.61 Å². The van der Waals surface area contributed by atoms with Crippen molar-refractivity contribution in [1.29, 1.82) is 0 Å². The molecule has 4 unspecified atom stereocenters. The summed E-state index contributed by atoms with van der Waals surface area (Å²) in [5.41, 5.74) is 0.445. The second kappa shape index (κ2) is 2.71. The highest BCUT2D eigenvalue weighted by Gasteiger charge is 2.50. The Morgan fingerprint density at radius 2 is 2.25 bits per heavy atom. The van der Waals surface area contributed by atoms with E-state index in [0.717, 1.165) is 0 Å². The Morgan fingerprint density at radius 1 is 1.58 bits per heavy atom. The molecule has 1 heterocycles. The van der Waals surface area contributed by atoms with Crippen LogP contribution in [0.4, 0.5) is 0 Å². The zero-order chi connectivity index (χ0) is 8.77. The predicted octanol–water partition coefficient (Wildman–Crippen LogP) is 1.57. The lowest BCUT2D eigenvalue weighted by molar-refractivity contribution is 0.245. The Labute approximate surface area is 73.9 Å². The highest BCUT2D eigenvalue weighted by molar-refractivity contribution is 4.99. The molecule has 1 N–H and O–H groups in total. The number of hydrogen-bond acceptors (Lipinski definition) is 2. The van der Waals surface area contributed by atoms with Crippen molar-refractivity contribution in [2.24, 2.45) is 11.3 Å². The molecule has 0 aromatic carbocycles. The van der Waals surface area contributed by atoms with Crippen LogP contribution in [0, 0.1) is 11.3 Å². The molecule has 4 atom stereocenters. The van der Waals surface area contributed by atoms with Gasteiger partial charge in [0.05, 0.1) is 12.2 Å². The molecule has 1 saturated heterocycles. The average molecular weight is 170 g/mol. The van der Waals surface area contributed by atoms with E-state index in [4.69, 9.17) is 9.84 Å². The maximum absolute atomic E-state index is 8.94. The number of ether oxygens (including phenoxy) is 1. The van der Waals surface area contributed by atoms with Gasteiger partial charge in [0.1, 0.15) is 0 Å². The number of aliphatic hydroxyl groups excluding tert-OH is 1. The Kier molecular flexibility index (Phi) is 1.92. The van der Waals surface area contributed by atoms with Crippen LogP contribution >= 0.6 is 0 Å². The molecule has 2 heteroatoms. The molecule has 1 saturated carbocycles. The standard InChI is InChI=1S/C10H18O2/c1-7-9(12-7)3-4-10(2)5-8(10)6-11/h7-9,11H,3-6H2,1-2H3. The predicted molar refractivity (Wildman–Crippen MR) is 46.9 cm³/mol. The van der Waals surface area contributed by atoms with E-state index in [0.29, 0.717) is 30.1 Å². The molecule has 0 amide bonds. The van der Waals surface area contributed by atoms with Gasteiger partial charge in [-0.1, -0.05) is 6.92 Å². The minimum atomic E-state index is 0.373. The molecule has 0 radical (unpaired) electrons. The van der Waals surface area contributed by atoms with Gasteiger partial charge in [0.15, 0.2) is 0 Å². The maximum Gasteiger partial charge on any atom is 0.0839 e. The summed E-state index contributed by atoms with van der Waals surface area (Å²) in [6, 6.07) is 0. The summed E-state index contributed by atoms with van der Waals surface area (Å²) in [4.78, 5) is 0. The Balaban J connectivity index is 1.67. The van der Waals surface area contributed by atoms with Gasteiger partial charge in [-0.3, -0.25) is 0 Å². The smallest absolute Gasteiger partial charge is 0.0839 e. The lowest BCUT2D eigenvalue weighted by atomic mass is 9.98. The Bertz CT molecular complexity index is 181. The molecule has 2 nitrogen and oxygen atoms in total. The number of epoxide rings is 1. The Morgan fingerprint density at radius 3 is 2.67 bits per heavy atom. The number of hydrogen-bond donors (Lipinski definition) is 1. The maximum atomic E-state index is 8.94. The SMILES string of the molecule is CC1OC1CCC1(C)CC1CO. The summed E-state index contributed by atoms with van der Waals surface area (Å²) < 4.78 is 5.35.